The highest BCUT2D eigenvalue weighted by Crippen LogP contribution is 2.47. The summed E-state index contributed by atoms with van der Waals surface area (Å²) in [4.78, 5) is 0. The fourth-order valence-electron chi connectivity index (χ4n) is 3.13. The van der Waals surface area contributed by atoms with Crippen molar-refractivity contribution >= 4 is 19.7 Å². The molecule has 0 saturated carbocycles. The van der Waals surface area contributed by atoms with E-state index >= 15 is 0 Å². The zero-order valence-electron chi connectivity index (χ0n) is 16.9. The van der Waals surface area contributed by atoms with Crippen LogP contribution in [-0.4, -0.2) is 26.2 Å². The maximum Gasteiger partial charge on any atom is 0.0586 e. The SMILES string of the molecule is CCCCCCCCCCCCCCCCCC[P+](C)(C)C.Cl. The van der Waals surface area contributed by atoms with Crippen LogP contribution < -0.4 is 0 Å². The molecule has 0 heterocycles. The lowest BCUT2D eigenvalue weighted by Crippen LogP contribution is -1.92. The van der Waals surface area contributed by atoms with Gasteiger partial charge in [-0.05, 0) is 12.8 Å². The minimum absolute atomic E-state index is 0. The molecule has 0 nitrogen and oxygen atoms in total. The second-order valence-electron chi connectivity index (χ2n) is 8.32. The third kappa shape index (κ3) is 25.1. The quantitative estimate of drug-likeness (QED) is 0.179. The molecule has 0 atom stereocenters. The highest BCUT2D eigenvalue weighted by molar-refractivity contribution is 7.73. The maximum absolute atomic E-state index is 2.47. The minimum atomic E-state index is -0.504. The van der Waals surface area contributed by atoms with Crippen molar-refractivity contribution in [3.8, 4) is 0 Å². The molecule has 2 heteroatoms. The predicted molar refractivity (Wildman–Crippen MR) is 116 cm³/mol. The van der Waals surface area contributed by atoms with Crippen molar-refractivity contribution in [1.29, 1.82) is 0 Å². The Balaban J connectivity index is 0. The van der Waals surface area contributed by atoms with Crippen LogP contribution in [0.1, 0.15) is 110 Å². The van der Waals surface area contributed by atoms with Gasteiger partial charge in [0.15, 0.2) is 0 Å². The normalized spacial score (nSPS) is 11.5. The number of halogens is 1. The van der Waals surface area contributed by atoms with E-state index in [0.717, 1.165) is 0 Å². The van der Waals surface area contributed by atoms with Crippen molar-refractivity contribution < 1.29 is 0 Å². The van der Waals surface area contributed by atoms with E-state index in [1.54, 1.807) is 0 Å². The van der Waals surface area contributed by atoms with Gasteiger partial charge in [0.1, 0.15) is 0 Å². The van der Waals surface area contributed by atoms with Gasteiger partial charge in [0, 0.05) is 27.3 Å². The Morgan fingerprint density at radius 1 is 0.435 bits per heavy atom. The van der Waals surface area contributed by atoms with Crippen LogP contribution in [0.4, 0.5) is 0 Å². The second kappa shape index (κ2) is 19.1. The number of hydrogen-bond donors (Lipinski definition) is 0. The van der Waals surface area contributed by atoms with Crippen LogP contribution in [0, 0.1) is 0 Å². The Morgan fingerprint density at radius 2 is 0.696 bits per heavy atom. The molecule has 0 N–H and O–H groups in total. The highest BCUT2D eigenvalue weighted by Gasteiger charge is 2.15. The largest absolute Gasteiger partial charge is 0.147 e. The molecule has 0 saturated heterocycles. The molecule has 0 unspecified atom stereocenters. The number of hydrogen-bond acceptors (Lipinski definition) is 0. The summed E-state index contributed by atoms with van der Waals surface area (Å²) in [6, 6.07) is 0. The summed E-state index contributed by atoms with van der Waals surface area (Å²) in [5.74, 6) is 0. The van der Waals surface area contributed by atoms with Crippen molar-refractivity contribution in [3.63, 3.8) is 0 Å². The molecule has 0 fully saturated rings. The van der Waals surface area contributed by atoms with E-state index < -0.39 is 7.26 Å². The molecular formula is C21H47ClP+. The summed E-state index contributed by atoms with van der Waals surface area (Å²) in [5.41, 5.74) is 0. The lowest BCUT2D eigenvalue weighted by Gasteiger charge is -2.10. The van der Waals surface area contributed by atoms with Crippen molar-refractivity contribution in [2.45, 2.75) is 110 Å². The molecule has 23 heavy (non-hydrogen) atoms. The first-order valence-electron chi connectivity index (χ1n) is 10.4. The third-order valence-corrected chi connectivity index (χ3v) is 6.34. The number of rotatable bonds is 17. The lowest BCUT2D eigenvalue weighted by atomic mass is 10.0. The summed E-state index contributed by atoms with van der Waals surface area (Å²) in [6.07, 6.45) is 25.1. The molecule has 0 bridgehead atoms. The summed E-state index contributed by atoms with van der Waals surface area (Å²) in [7, 11) is -0.504. The van der Waals surface area contributed by atoms with E-state index in [4.69, 9.17) is 0 Å². The molecule has 0 aliphatic carbocycles. The molecule has 0 aliphatic heterocycles. The van der Waals surface area contributed by atoms with Crippen LogP contribution in [0.2, 0.25) is 0 Å². The lowest BCUT2D eigenvalue weighted by molar-refractivity contribution is 0.531. The Labute approximate surface area is 155 Å². The van der Waals surface area contributed by atoms with Crippen LogP contribution in [0.3, 0.4) is 0 Å². The molecule has 0 aliphatic rings. The van der Waals surface area contributed by atoms with Gasteiger partial charge in [-0.15, -0.1) is 12.4 Å². The van der Waals surface area contributed by atoms with E-state index in [1.165, 1.54) is 109 Å². The summed E-state index contributed by atoms with van der Waals surface area (Å²) < 4.78 is 0. The first kappa shape index (κ1) is 26.0. The van der Waals surface area contributed by atoms with Crippen molar-refractivity contribution in [2.75, 3.05) is 26.2 Å². The number of unbranched alkanes of at least 4 members (excludes halogenated alkanes) is 15. The highest BCUT2D eigenvalue weighted by atomic mass is 35.5. The first-order chi connectivity index (χ1) is 10.6. The Morgan fingerprint density at radius 3 is 0.957 bits per heavy atom. The molecule has 0 aromatic rings. The van der Waals surface area contributed by atoms with Gasteiger partial charge < -0.3 is 0 Å². The fraction of sp³-hybridized carbons (Fsp3) is 1.00. The van der Waals surface area contributed by atoms with Crippen molar-refractivity contribution in [1.82, 2.24) is 0 Å². The molecule has 0 aromatic heterocycles. The standard InChI is InChI=1S/C21H46P.ClH/c1-5-6-7-8-9-10-11-12-13-14-15-16-17-18-19-20-21-22(2,3)4;/h5-21H2,1-4H3;1H/q+1;. The second-order valence-corrected chi connectivity index (χ2v) is 13.3. The van der Waals surface area contributed by atoms with E-state index in [1.807, 2.05) is 0 Å². The zero-order valence-corrected chi connectivity index (χ0v) is 18.6. The van der Waals surface area contributed by atoms with Crippen LogP contribution in [0.15, 0.2) is 0 Å². The molecule has 0 spiro atoms. The van der Waals surface area contributed by atoms with E-state index in [0.29, 0.717) is 0 Å². The summed E-state index contributed by atoms with van der Waals surface area (Å²) in [5, 5.41) is 0. The molecular weight excluding hydrogens is 319 g/mol. The van der Waals surface area contributed by atoms with E-state index in [2.05, 4.69) is 26.9 Å². The maximum atomic E-state index is 2.47. The smallest absolute Gasteiger partial charge is 0.0586 e. The van der Waals surface area contributed by atoms with Gasteiger partial charge in [-0.2, -0.15) is 0 Å². The Hall–Kier alpha value is 0.720. The monoisotopic (exact) mass is 365 g/mol. The topological polar surface area (TPSA) is 0 Å². The zero-order chi connectivity index (χ0) is 16.5. The Kier molecular flexibility index (Phi) is 21.5. The molecule has 142 valence electrons. The van der Waals surface area contributed by atoms with Crippen molar-refractivity contribution in [3.05, 3.63) is 0 Å². The van der Waals surface area contributed by atoms with E-state index in [-0.39, 0.29) is 12.4 Å². The van der Waals surface area contributed by atoms with Gasteiger partial charge >= 0.3 is 0 Å². The van der Waals surface area contributed by atoms with Crippen LogP contribution in [0.5, 0.6) is 0 Å². The van der Waals surface area contributed by atoms with Crippen LogP contribution in [0.25, 0.3) is 0 Å². The van der Waals surface area contributed by atoms with E-state index in [9.17, 15) is 0 Å². The summed E-state index contributed by atoms with van der Waals surface area (Å²) >= 11 is 0. The van der Waals surface area contributed by atoms with Gasteiger partial charge in [-0.3, -0.25) is 0 Å². The third-order valence-electron chi connectivity index (χ3n) is 4.68. The molecule has 0 aromatic carbocycles. The molecule has 0 amide bonds. The molecule has 0 rings (SSSR count). The molecule has 0 radical (unpaired) electrons. The minimum Gasteiger partial charge on any atom is -0.147 e. The van der Waals surface area contributed by atoms with Gasteiger partial charge in [-0.25, -0.2) is 0 Å². The van der Waals surface area contributed by atoms with Gasteiger partial charge in [0.05, 0.1) is 6.16 Å². The van der Waals surface area contributed by atoms with Crippen molar-refractivity contribution in [2.24, 2.45) is 0 Å². The van der Waals surface area contributed by atoms with Crippen LogP contribution >= 0.6 is 19.7 Å². The predicted octanol–water partition coefficient (Wildman–Crippen LogP) is 8.58. The van der Waals surface area contributed by atoms with Gasteiger partial charge in [0.25, 0.3) is 0 Å². The fourth-order valence-corrected chi connectivity index (χ4v) is 4.31. The first-order valence-corrected chi connectivity index (χ1v) is 13.7. The van der Waals surface area contributed by atoms with Crippen LogP contribution in [-0.2, 0) is 0 Å². The summed E-state index contributed by atoms with van der Waals surface area (Å²) in [6.45, 7) is 9.71. The average molecular weight is 366 g/mol. The Bertz CT molecular complexity index is 210. The van der Waals surface area contributed by atoms with Gasteiger partial charge in [-0.1, -0.05) is 96.8 Å². The average Bonchev–Trinajstić information content (AvgIpc) is 2.45. The van der Waals surface area contributed by atoms with Gasteiger partial charge in [0.2, 0.25) is 0 Å².